The first-order valence-corrected chi connectivity index (χ1v) is 16.0. The Bertz CT molecular complexity index is 895. The first-order valence-electron chi connectivity index (χ1n) is 16.0. The number of likely N-dealkylation sites (tertiary alicyclic amines) is 3. The van der Waals surface area contributed by atoms with E-state index in [4.69, 9.17) is 0 Å². The van der Waals surface area contributed by atoms with Crippen molar-refractivity contribution in [2.75, 3.05) is 81.6 Å². The molecule has 0 bridgehead atoms. The second-order valence-corrected chi connectivity index (χ2v) is 12.9. The maximum atomic E-state index is 10.8. The second-order valence-electron chi connectivity index (χ2n) is 12.9. The standard InChI is InChI=1S/3C11H20N2O2.Fe/c3*1-9(14)8-11(15)13-6-4-10(5-7-13)12(2)3;/h3*8,10,15H,4-7H2,1-3H3;. The van der Waals surface area contributed by atoms with Gasteiger partial charge in [0.05, 0.1) is 0 Å². The SMILES string of the molecule is CC(=O)C=C(O)N1CCC(N(C)C)CC1.CC(=O)C=C(O)N1CCC(N(C)C)CC1.CC(=O)C=C(O)N1CCC(N(C)C)CC1.[Fe]. The van der Waals surface area contributed by atoms with Crippen molar-refractivity contribution >= 4 is 17.3 Å². The van der Waals surface area contributed by atoms with Crippen molar-refractivity contribution in [1.82, 2.24) is 29.4 Å². The molecule has 3 N–H and O–H groups in total. The average molecular weight is 693 g/mol. The second kappa shape index (κ2) is 22.1. The van der Waals surface area contributed by atoms with Gasteiger partial charge in [0.2, 0.25) is 0 Å². The zero-order valence-electron chi connectivity index (χ0n) is 29.6. The molecule has 3 rings (SSSR count). The van der Waals surface area contributed by atoms with Crippen LogP contribution in [-0.2, 0) is 31.5 Å². The van der Waals surface area contributed by atoms with Crippen LogP contribution < -0.4 is 0 Å². The summed E-state index contributed by atoms with van der Waals surface area (Å²) in [6, 6.07) is 1.77. The normalized spacial score (nSPS) is 19.3. The number of piperidine rings is 3. The summed E-state index contributed by atoms with van der Waals surface area (Å²) < 4.78 is 0. The van der Waals surface area contributed by atoms with Crippen molar-refractivity contribution in [2.24, 2.45) is 0 Å². The molecule has 0 amide bonds. The number of ketones is 3. The third-order valence-corrected chi connectivity index (χ3v) is 8.55. The monoisotopic (exact) mass is 692 g/mol. The van der Waals surface area contributed by atoms with Crippen LogP contribution in [0.3, 0.4) is 0 Å². The molecule has 0 unspecified atom stereocenters. The topological polar surface area (TPSA) is 131 Å². The molecule has 0 radical (unpaired) electrons. The minimum Gasteiger partial charge on any atom is -0.495 e. The molecule has 3 saturated heterocycles. The fraction of sp³-hybridized carbons (Fsp3) is 0.727. The summed E-state index contributed by atoms with van der Waals surface area (Å²) in [5.41, 5.74) is 0. The van der Waals surface area contributed by atoms with Crippen LogP contribution in [0, 0.1) is 0 Å². The zero-order valence-corrected chi connectivity index (χ0v) is 30.7. The summed E-state index contributed by atoms with van der Waals surface area (Å²) in [5.74, 6) is 0.00539. The van der Waals surface area contributed by atoms with E-state index in [9.17, 15) is 29.7 Å². The quantitative estimate of drug-likeness (QED) is 0.187. The molecule has 266 valence electrons. The number of allylic oxidation sites excluding steroid dienone is 3. The minimum atomic E-state index is -0.109. The smallest absolute Gasteiger partial charge is 0.190 e. The minimum absolute atomic E-state index is 0. The molecule has 0 aliphatic carbocycles. The summed E-state index contributed by atoms with van der Waals surface area (Å²) in [6.45, 7) is 9.25. The maximum Gasteiger partial charge on any atom is 0.190 e. The third-order valence-electron chi connectivity index (χ3n) is 8.55. The number of aliphatic hydroxyl groups is 3. The Kier molecular flexibility index (Phi) is 20.8. The molecule has 0 saturated carbocycles. The number of hydrogen-bond donors (Lipinski definition) is 3. The van der Waals surface area contributed by atoms with Gasteiger partial charge in [0.25, 0.3) is 0 Å². The molecule has 0 aromatic carbocycles. The number of nitrogens with zero attached hydrogens (tertiary/aromatic N) is 6. The van der Waals surface area contributed by atoms with Crippen molar-refractivity contribution < 1.29 is 46.8 Å². The summed E-state index contributed by atoms with van der Waals surface area (Å²) in [7, 11) is 12.4. The van der Waals surface area contributed by atoms with Crippen LogP contribution in [0.15, 0.2) is 35.9 Å². The predicted octanol–water partition coefficient (Wildman–Crippen LogP) is 3.00. The van der Waals surface area contributed by atoms with Crippen molar-refractivity contribution in [2.45, 2.75) is 77.4 Å². The van der Waals surface area contributed by atoms with Crippen LogP contribution in [0.2, 0.25) is 0 Å². The van der Waals surface area contributed by atoms with Crippen LogP contribution in [0.25, 0.3) is 0 Å². The van der Waals surface area contributed by atoms with Gasteiger partial charge in [-0.1, -0.05) is 0 Å². The first kappa shape index (κ1) is 43.4. The first-order chi connectivity index (χ1) is 21.0. The number of hydrogen-bond acceptors (Lipinski definition) is 12. The van der Waals surface area contributed by atoms with Crippen LogP contribution in [0.4, 0.5) is 0 Å². The summed E-state index contributed by atoms with van der Waals surface area (Å²) >= 11 is 0. The molecule has 0 atom stereocenters. The summed E-state index contributed by atoms with van der Waals surface area (Å²) in [5, 5.41) is 28.9. The van der Waals surface area contributed by atoms with Gasteiger partial charge in [-0.05, 0) is 102 Å². The van der Waals surface area contributed by atoms with Gasteiger partial charge in [-0.3, -0.25) is 14.4 Å². The van der Waals surface area contributed by atoms with Crippen LogP contribution >= 0.6 is 0 Å². The van der Waals surface area contributed by atoms with Crippen molar-refractivity contribution in [3.8, 4) is 0 Å². The van der Waals surface area contributed by atoms with Gasteiger partial charge < -0.3 is 44.7 Å². The van der Waals surface area contributed by atoms with Crippen molar-refractivity contribution in [3.05, 3.63) is 35.9 Å². The van der Waals surface area contributed by atoms with E-state index in [0.29, 0.717) is 18.1 Å². The Labute approximate surface area is 287 Å². The molecule has 3 heterocycles. The Morgan fingerprint density at radius 1 is 0.478 bits per heavy atom. The van der Waals surface area contributed by atoms with Crippen LogP contribution in [0.1, 0.15) is 59.3 Å². The molecule has 3 aliphatic heterocycles. The fourth-order valence-electron chi connectivity index (χ4n) is 5.65. The van der Waals surface area contributed by atoms with E-state index in [0.717, 1.165) is 77.8 Å². The van der Waals surface area contributed by atoms with Gasteiger partial charge in [-0.2, -0.15) is 0 Å². The van der Waals surface area contributed by atoms with Crippen molar-refractivity contribution in [1.29, 1.82) is 0 Å². The Morgan fingerprint density at radius 3 is 0.783 bits per heavy atom. The Hall–Kier alpha value is -2.57. The van der Waals surface area contributed by atoms with E-state index in [2.05, 4.69) is 57.0 Å². The number of carbonyl (C=O) groups excluding carboxylic acids is 3. The van der Waals surface area contributed by atoms with Gasteiger partial charge in [-0.25, -0.2) is 0 Å². The third kappa shape index (κ3) is 16.8. The van der Waals surface area contributed by atoms with Crippen molar-refractivity contribution in [3.63, 3.8) is 0 Å². The number of aliphatic hydroxyl groups excluding tert-OH is 3. The van der Waals surface area contributed by atoms with Gasteiger partial charge in [0.1, 0.15) is 0 Å². The molecule has 3 aliphatic rings. The van der Waals surface area contributed by atoms with Gasteiger partial charge in [0.15, 0.2) is 35.0 Å². The average Bonchev–Trinajstić information content (AvgIpc) is 2.97. The van der Waals surface area contributed by atoms with Gasteiger partial charge >= 0.3 is 0 Å². The molecule has 0 spiro atoms. The van der Waals surface area contributed by atoms with E-state index >= 15 is 0 Å². The predicted molar refractivity (Wildman–Crippen MR) is 179 cm³/mol. The van der Waals surface area contributed by atoms with Crippen LogP contribution in [0.5, 0.6) is 0 Å². The number of rotatable bonds is 9. The zero-order chi connectivity index (χ0) is 34.3. The maximum absolute atomic E-state index is 10.8. The summed E-state index contributed by atoms with van der Waals surface area (Å²) in [6.07, 6.45) is 10.0. The number of carbonyl (C=O) groups is 3. The van der Waals surface area contributed by atoms with Gasteiger partial charge in [-0.15, -0.1) is 0 Å². The molecule has 13 heteroatoms. The van der Waals surface area contributed by atoms with E-state index in [1.807, 2.05) is 14.7 Å². The fourth-order valence-corrected chi connectivity index (χ4v) is 5.65. The van der Waals surface area contributed by atoms with E-state index in [1.54, 1.807) is 0 Å². The molecule has 12 nitrogen and oxygen atoms in total. The molecular weight excluding hydrogens is 632 g/mol. The summed E-state index contributed by atoms with van der Waals surface area (Å²) in [4.78, 5) is 44.6. The Balaban J connectivity index is 0.000000653. The molecule has 0 aromatic heterocycles. The van der Waals surface area contributed by atoms with Crippen LogP contribution in [-0.4, -0.2) is 162 Å². The van der Waals surface area contributed by atoms with E-state index in [-0.39, 0.29) is 52.1 Å². The van der Waals surface area contributed by atoms with Gasteiger partial charge in [0, 0.05) is 92.7 Å². The Morgan fingerprint density at radius 2 is 0.652 bits per heavy atom. The molecule has 0 aromatic rings. The molecule has 3 fully saturated rings. The molecule has 46 heavy (non-hydrogen) atoms. The largest absolute Gasteiger partial charge is 0.495 e. The van der Waals surface area contributed by atoms with E-state index < -0.39 is 0 Å². The van der Waals surface area contributed by atoms with E-state index in [1.165, 1.54) is 39.0 Å². The molecular formula is C33H60FeN6O6.